The maximum Gasteiger partial charge on any atom is 0.318 e. The first-order chi connectivity index (χ1) is 17.6. The molecule has 1 atom stereocenters. The standard InChI is InChI=1S/C25H31N7O3S/c1-15-10-17(15)4-7-26-24(33)20-12-21(29-25(28-20)34-2)32-8-5-16(6-9-32)22-19-11-18(35-14-36-3)13-27-23(19)31-30-22/h11-13,16-17H,1,4-10,14H2,2-3H3,(H,26,33)(H,27,30,31). The van der Waals surface area contributed by atoms with Crippen molar-refractivity contribution >= 4 is 34.5 Å². The number of carbonyl (C=O) groups excluding carboxylic acids is 1. The molecule has 5 rings (SSSR count). The molecule has 36 heavy (non-hydrogen) atoms. The normalized spacial score (nSPS) is 17.9. The molecule has 1 saturated heterocycles. The van der Waals surface area contributed by atoms with Gasteiger partial charge >= 0.3 is 6.01 Å². The summed E-state index contributed by atoms with van der Waals surface area (Å²) in [6.07, 6.45) is 7.51. The van der Waals surface area contributed by atoms with Gasteiger partial charge in [0.25, 0.3) is 5.91 Å². The van der Waals surface area contributed by atoms with E-state index in [0.29, 0.717) is 41.5 Å². The third-order valence-electron chi connectivity index (χ3n) is 6.80. The van der Waals surface area contributed by atoms with E-state index < -0.39 is 0 Å². The van der Waals surface area contributed by atoms with Crippen molar-refractivity contribution in [1.82, 2.24) is 30.5 Å². The summed E-state index contributed by atoms with van der Waals surface area (Å²) < 4.78 is 11.0. The molecule has 190 valence electrons. The number of nitrogens with one attached hydrogen (secondary N) is 2. The van der Waals surface area contributed by atoms with E-state index in [1.54, 1.807) is 24.0 Å². The van der Waals surface area contributed by atoms with Crippen LogP contribution in [0.3, 0.4) is 0 Å². The Kier molecular flexibility index (Phi) is 7.26. The van der Waals surface area contributed by atoms with Crippen molar-refractivity contribution in [3.63, 3.8) is 0 Å². The molecule has 11 heteroatoms. The number of piperidine rings is 1. The van der Waals surface area contributed by atoms with Crippen molar-refractivity contribution in [3.05, 3.63) is 41.9 Å². The number of hydrogen-bond acceptors (Lipinski definition) is 9. The highest BCUT2D eigenvalue weighted by Gasteiger charge is 2.28. The summed E-state index contributed by atoms with van der Waals surface area (Å²) in [5.74, 6) is 2.67. The number of carbonyl (C=O) groups is 1. The molecule has 2 N–H and O–H groups in total. The second-order valence-corrected chi connectivity index (χ2v) is 10.0. The van der Waals surface area contributed by atoms with Gasteiger partial charge in [-0.3, -0.25) is 9.89 Å². The van der Waals surface area contributed by atoms with Gasteiger partial charge in [0, 0.05) is 42.7 Å². The molecule has 3 aromatic heterocycles. The van der Waals surface area contributed by atoms with E-state index in [2.05, 4.69) is 41.9 Å². The van der Waals surface area contributed by atoms with E-state index in [1.165, 1.54) is 12.7 Å². The zero-order chi connectivity index (χ0) is 25.1. The zero-order valence-electron chi connectivity index (χ0n) is 20.6. The molecule has 4 heterocycles. The second kappa shape index (κ2) is 10.7. The summed E-state index contributed by atoms with van der Waals surface area (Å²) in [7, 11) is 1.51. The van der Waals surface area contributed by atoms with Crippen LogP contribution >= 0.6 is 11.8 Å². The third kappa shape index (κ3) is 5.40. The second-order valence-electron chi connectivity index (χ2n) is 9.19. The molecule has 1 aliphatic heterocycles. The number of hydrogen-bond donors (Lipinski definition) is 2. The fourth-order valence-corrected chi connectivity index (χ4v) is 4.86. The Morgan fingerprint density at radius 2 is 2.11 bits per heavy atom. The van der Waals surface area contributed by atoms with Crippen molar-refractivity contribution in [3.8, 4) is 11.8 Å². The van der Waals surface area contributed by atoms with Gasteiger partial charge in [-0.15, -0.1) is 11.8 Å². The van der Waals surface area contributed by atoms with Crippen LogP contribution in [0.4, 0.5) is 5.82 Å². The molecule has 0 spiro atoms. The van der Waals surface area contributed by atoms with Crippen LogP contribution in [0.25, 0.3) is 11.0 Å². The third-order valence-corrected chi connectivity index (χ3v) is 7.15. The number of methoxy groups -OCH3 is 1. The molecule has 10 nitrogen and oxygen atoms in total. The van der Waals surface area contributed by atoms with Crippen molar-refractivity contribution < 1.29 is 14.3 Å². The van der Waals surface area contributed by atoms with E-state index >= 15 is 0 Å². The fraction of sp³-hybridized carbons (Fsp3) is 0.480. The average molecular weight is 510 g/mol. The van der Waals surface area contributed by atoms with E-state index in [9.17, 15) is 4.79 Å². The van der Waals surface area contributed by atoms with Crippen LogP contribution in [0.1, 0.15) is 47.8 Å². The van der Waals surface area contributed by atoms with Crippen molar-refractivity contribution in [2.75, 3.05) is 43.8 Å². The predicted molar refractivity (Wildman–Crippen MR) is 140 cm³/mol. The lowest BCUT2D eigenvalue weighted by molar-refractivity contribution is 0.0946. The number of allylic oxidation sites excluding steroid dienone is 1. The Labute approximate surface area is 214 Å². The Hall–Kier alpha value is -3.34. The molecule has 2 aliphatic rings. The maximum absolute atomic E-state index is 12.7. The van der Waals surface area contributed by atoms with Gasteiger partial charge in [-0.25, -0.2) is 4.98 Å². The Balaban J connectivity index is 1.25. The van der Waals surface area contributed by atoms with Gasteiger partial charge in [0.15, 0.2) is 5.65 Å². The number of amides is 1. The van der Waals surface area contributed by atoms with E-state index in [4.69, 9.17) is 9.47 Å². The largest absolute Gasteiger partial charge is 0.481 e. The molecule has 2 fully saturated rings. The van der Waals surface area contributed by atoms with Crippen LogP contribution in [0.2, 0.25) is 0 Å². The lowest BCUT2D eigenvalue weighted by Gasteiger charge is -2.32. The highest BCUT2D eigenvalue weighted by atomic mass is 32.2. The van der Waals surface area contributed by atoms with E-state index in [0.717, 1.165) is 55.6 Å². The summed E-state index contributed by atoms with van der Waals surface area (Å²) in [6, 6.07) is 3.96. The SMILES string of the molecule is C=C1CC1CCNC(=O)c1cc(N2CCC(c3[nH]nc4ncc(OCSC)cc34)CC2)nc(OC)n1. The van der Waals surface area contributed by atoms with Crippen molar-refractivity contribution in [2.24, 2.45) is 5.92 Å². The summed E-state index contributed by atoms with van der Waals surface area (Å²) in [4.78, 5) is 28.1. The van der Waals surface area contributed by atoms with Crippen LogP contribution in [-0.2, 0) is 0 Å². The van der Waals surface area contributed by atoms with Crippen LogP contribution in [-0.4, -0.2) is 70.0 Å². The first-order valence-electron chi connectivity index (χ1n) is 12.2. The monoisotopic (exact) mass is 509 g/mol. The molecule has 1 saturated carbocycles. The van der Waals surface area contributed by atoms with Crippen LogP contribution in [0.15, 0.2) is 30.5 Å². The van der Waals surface area contributed by atoms with Gasteiger partial charge in [0.1, 0.15) is 23.2 Å². The van der Waals surface area contributed by atoms with Crippen LogP contribution in [0, 0.1) is 5.92 Å². The van der Waals surface area contributed by atoms with Crippen LogP contribution < -0.4 is 19.7 Å². The number of rotatable bonds is 10. The Morgan fingerprint density at radius 3 is 2.83 bits per heavy atom. The minimum atomic E-state index is -0.214. The quantitative estimate of drug-likeness (QED) is 0.312. The molecule has 1 amide bonds. The maximum atomic E-state index is 12.7. The fourth-order valence-electron chi connectivity index (χ4n) is 4.61. The first kappa shape index (κ1) is 24.4. The summed E-state index contributed by atoms with van der Waals surface area (Å²) in [6.45, 7) is 6.14. The number of anilines is 1. The number of pyridine rings is 1. The number of ether oxygens (including phenoxy) is 2. The summed E-state index contributed by atoms with van der Waals surface area (Å²) in [5.41, 5.74) is 3.37. The van der Waals surface area contributed by atoms with Gasteiger partial charge in [-0.05, 0) is 43.9 Å². The molecule has 1 unspecified atom stereocenters. The zero-order valence-corrected chi connectivity index (χ0v) is 21.4. The minimum absolute atomic E-state index is 0.193. The number of thioether (sulfide) groups is 1. The average Bonchev–Trinajstić information content (AvgIpc) is 3.45. The lowest BCUT2D eigenvalue weighted by atomic mass is 9.92. The molecule has 0 radical (unpaired) electrons. The topological polar surface area (TPSA) is 118 Å². The number of aromatic nitrogens is 5. The van der Waals surface area contributed by atoms with Crippen molar-refractivity contribution in [1.29, 1.82) is 0 Å². The molecular formula is C25H31N7O3S. The Morgan fingerprint density at radius 1 is 1.31 bits per heavy atom. The number of aromatic amines is 1. The molecule has 1 aliphatic carbocycles. The predicted octanol–water partition coefficient (Wildman–Crippen LogP) is 3.54. The first-order valence-corrected chi connectivity index (χ1v) is 13.5. The summed E-state index contributed by atoms with van der Waals surface area (Å²) >= 11 is 1.62. The van der Waals surface area contributed by atoms with Gasteiger partial charge in [0.05, 0.1) is 13.3 Å². The molecule has 0 aromatic carbocycles. The molecule has 3 aromatic rings. The Bertz CT molecular complexity index is 1260. The number of fused-ring (bicyclic) bond motifs is 1. The minimum Gasteiger partial charge on any atom is -0.481 e. The highest BCUT2D eigenvalue weighted by molar-refractivity contribution is 7.98. The van der Waals surface area contributed by atoms with E-state index in [-0.39, 0.29) is 11.9 Å². The van der Waals surface area contributed by atoms with E-state index in [1.807, 2.05) is 12.3 Å². The van der Waals surface area contributed by atoms with Gasteiger partial charge < -0.3 is 19.7 Å². The smallest absolute Gasteiger partial charge is 0.318 e. The van der Waals surface area contributed by atoms with Gasteiger partial charge in [0.2, 0.25) is 0 Å². The van der Waals surface area contributed by atoms with Crippen LogP contribution in [0.5, 0.6) is 11.8 Å². The lowest BCUT2D eigenvalue weighted by Crippen LogP contribution is -2.34. The van der Waals surface area contributed by atoms with Gasteiger partial charge in [-0.1, -0.05) is 12.2 Å². The molecular weight excluding hydrogens is 478 g/mol. The van der Waals surface area contributed by atoms with Crippen molar-refractivity contribution in [2.45, 2.75) is 31.6 Å². The number of H-pyrrole nitrogens is 1. The summed E-state index contributed by atoms with van der Waals surface area (Å²) in [5, 5.41) is 11.6. The molecule has 0 bridgehead atoms. The number of nitrogens with zero attached hydrogens (tertiary/aromatic N) is 5. The van der Waals surface area contributed by atoms with Gasteiger partial charge in [-0.2, -0.15) is 15.1 Å². The highest BCUT2D eigenvalue weighted by Crippen LogP contribution is 2.38.